The van der Waals surface area contributed by atoms with E-state index in [1.807, 2.05) is 45.0 Å². The molecule has 0 bridgehead atoms. The van der Waals surface area contributed by atoms with Crippen molar-refractivity contribution in [3.05, 3.63) is 29.8 Å². The van der Waals surface area contributed by atoms with Gasteiger partial charge in [-0.05, 0) is 51.3 Å². The fraction of sp³-hybridized carbons (Fsp3) is 0.533. The summed E-state index contributed by atoms with van der Waals surface area (Å²) in [6, 6.07) is 7.99. The van der Waals surface area contributed by atoms with Gasteiger partial charge < -0.3 is 10.1 Å². The van der Waals surface area contributed by atoms with Crippen LogP contribution in [0, 0.1) is 5.92 Å². The first-order chi connectivity index (χ1) is 8.56. The molecular formula is C15H21NO2. The van der Waals surface area contributed by atoms with Gasteiger partial charge in [-0.3, -0.25) is 4.79 Å². The number of benzene rings is 1. The van der Waals surface area contributed by atoms with E-state index in [1.165, 1.54) is 0 Å². The number of hydrogen-bond donors (Lipinski definition) is 1. The van der Waals surface area contributed by atoms with E-state index in [0.29, 0.717) is 0 Å². The van der Waals surface area contributed by atoms with E-state index in [-0.39, 0.29) is 24.0 Å². The number of hydrogen-bond acceptors (Lipinski definition) is 2. The van der Waals surface area contributed by atoms with Gasteiger partial charge >= 0.3 is 0 Å². The van der Waals surface area contributed by atoms with Gasteiger partial charge in [0.25, 0.3) is 0 Å². The highest BCUT2D eigenvalue weighted by Gasteiger charge is 2.30. The molecule has 1 N–H and O–H groups in total. The Bertz CT molecular complexity index is 407. The standard InChI is InChI=1S/C15H21NO2/c1-10(2)18-14-8-6-12(7-9-14)11(3)16-15(17)13-4-5-13/h6-11,13H,4-5H2,1-3H3,(H,16,17). The van der Waals surface area contributed by atoms with Gasteiger partial charge in [0, 0.05) is 5.92 Å². The molecule has 2 rings (SSSR count). The van der Waals surface area contributed by atoms with E-state index < -0.39 is 0 Å². The van der Waals surface area contributed by atoms with Gasteiger partial charge in [0.2, 0.25) is 5.91 Å². The summed E-state index contributed by atoms with van der Waals surface area (Å²) in [4.78, 5) is 11.7. The Hall–Kier alpha value is -1.51. The number of amides is 1. The van der Waals surface area contributed by atoms with Crippen LogP contribution in [-0.2, 0) is 4.79 Å². The van der Waals surface area contributed by atoms with Gasteiger partial charge in [0.1, 0.15) is 5.75 Å². The Morgan fingerprint density at radius 3 is 2.33 bits per heavy atom. The fourth-order valence-corrected chi connectivity index (χ4v) is 1.87. The summed E-state index contributed by atoms with van der Waals surface area (Å²) < 4.78 is 5.59. The Balaban J connectivity index is 1.93. The van der Waals surface area contributed by atoms with E-state index in [4.69, 9.17) is 4.74 Å². The van der Waals surface area contributed by atoms with Crippen LogP contribution in [0.5, 0.6) is 5.75 Å². The zero-order valence-electron chi connectivity index (χ0n) is 11.3. The van der Waals surface area contributed by atoms with E-state index in [1.54, 1.807) is 0 Å². The molecule has 1 aliphatic rings. The molecule has 18 heavy (non-hydrogen) atoms. The van der Waals surface area contributed by atoms with Crippen molar-refractivity contribution in [3.8, 4) is 5.75 Å². The smallest absolute Gasteiger partial charge is 0.223 e. The van der Waals surface area contributed by atoms with Crippen molar-refractivity contribution in [1.82, 2.24) is 5.32 Å². The Morgan fingerprint density at radius 2 is 1.83 bits per heavy atom. The third-order valence-corrected chi connectivity index (χ3v) is 3.06. The van der Waals surface area contributed by atoms with Crippen LogP contribution < -0.4 is 10.1 Å². The molecule has 0 radical (unpaired) electrons. The lowest BCUT2D eigenvalue weighted by molar-refractivity contribution is -0.122. The van der Waals surface area contributed by atoms with Crippen molar-refractivity contribution < 1.29 is 9.53 Å². The second-order valence-corrected chi connectivity index (χ2v) is 5.24. The molecule has 3 heteroatoms. The topological polar surface area (TPSA) is 38.3 Å². The highest BCUT2D eigenvalue weighted by atomic mass is 16.5. The quantitative estimate of drug-likeness (QED) is 0.868. The van der Waals surface area contributed by atoms with Crippen LogP contribution >= 0.6 is 0 Å². The van der Waals surface area contributed by atoms with E-state index >= 15 is 0 Å². The molecule has 1 atom stereocenters. The summed E-state index contributed by atoms with van der Waals surface area (Å²) >= 11 is 0. The van der Waals surface area contributed by atoms with Crippen molar-refractivity contribution in [2.45, 2.75) is 45.8 Å². The average Bonchev–Trinajstić information content (AvgIpc) is 3.12. The summed E-state index contributed by atoms with van der Waals surface area (Å²) in [6.45, 7) is 6.03. The van der Waals surface area contributed by atoms with Crippen molar-refractivity contribution >= 4 is 5.91 Å². The summed E-state index contributed by atoms with van der Waals surface area (Å²) in [5, 5.41) is 3.04. The molecular weight excluding hydrogens is 226 g/mol. The van der Waals surface area contributed by atoms with Crippen molar-refractivity contribution in [2.24, 2.45) is 5.92 Å². The average molecular weight is 247 g/mol. The molecule has 1 unspecified atom stereocenters. The predicted octanol–water partition coefficient (Wildman–Crippen LogP) is 3.06. The third kappa shape index (κ3) is 3.49. The minimum atomic E-state index is 0.0613. The van der Waals surface area contributed by atoms with Crippen LogP contribution in [0.2, 0.25) is 0 Å². The first kappa shape index (κ1) is 12.9. The van der Waals surface area contributed by atoms with E-state index in [0.717, 1.165) is 24.2 Å². The summed E-state index contributed by atoms with van der Waals surface area (Å²) in [5.74, 6) is 1.32. The molecule has 1 aromatic rings. The molecule has 1 aliphatic carbocycles. The van der Waals surface area contributed by atoms with Crippen molar-refractivity contribution in [2.75, 3.05) is 0 Å². The van der Waals surface area contributed by atoms with E-state index in [9.17, 15) is 4.79 Å². The maximum atomic E-state index is 11.7. The van der Waals surface area contributed by atoms with Gasteiger partial charge in [-0.2, -0.15) is 0 Å². The lowest BCUT2D eigenvalue weighted by Gasteiger charge is -2.15. The zero-order valence-corrected chi connectivity index (χ0v) is 11.3. The largest absolute Gasteiger partial charge is 0.491 e. The fourth-order valence-electron chi connectivity index (χ4n) is 1.87. The molecule has 1 amide bonds. The summed E-state index contributed by atoms with van der Waals surface area (Å²) in [6.07, 6.45) is 2.27. The number of nitrogens with one attached hydrogen (secondary N) is 1. The van der Waals surface area contributed by atoms with Gasteiger partial charge in [-0.25, -0.2) is 0 Å². The first-order valence-corrected chi connectivity index (χ1v) is 6.63. The van der Waals surface area contributed by atoms with Crippen molar-refractivity contribution in [1.29, 1.82) is 0 Å². The number of carbonyl (C=O) groups excluding carboxylic acids is 1. The summed E-state index contributed by atoms with van der Waals surface area (Å²) in [7, 11) is 0. The van der Waals surface area contributed by atoms with Crippen LogP contribution in [0.1, 0.15) is 45.2 Å². The maximum absolute atomic E-state index is 11.7. The lowest BCUT2D eigenvalue weighted by atomic mass is 10.1. The Kier molecular flexibility index (Phi) is 3.90. The normalized spacial score (nSPS) is 16.4. The predicted molar refractivity (Wildman–Crippen MR) is 71.5 cm³/mol. The maximum Gasteiger partial charge on any atom is 0.223 e. The monoisotopic (exact) mass is 247 g/mol. The van der Waals surface area contributed by atoms with Gasteiger partial charge in [-0.1, -0.05) is 12.1 Å². The number of rotatable bonds is 5. The van der Waals surface area contributed by atoms with Gasteiger partial charge in [0.15, 0.2) is 0 Å². The lowest BCUT2D eigenvalue weighted by Crippen LogP contribution is -2.27. The van der Waals surface area contributed by atoms with E-state index in [2.05, 4.69) is 5.32 Å². The third-order valence-electron chi connectivity index (χ3n) is 3.06. The van der Waals surface area contributed by atoms with Crippen molar-refractivity contribution in [3.63, 3.8) is 0 Å². The molecule has 0 heterocycles. The molecule has 0 saturated heterocycles. The highest BCUT2D eigenvalue weighted by molar-refractivity contribution is 5.81. The van der Waals surface area contributed by atoms with Crippen LogP contribution in [-0.4, -0.2) is 12.0 Å². The Morgan fingerprint density at radius 1 is 1.22 bits per heavy atom. The second kappa shape index (κ2) is 5.42. The molecule has 0 aliphatic heterocycles. The molecule has 0 spiro atoms. The van der Waals surface area contributed by atoms with Crippen LogP contribution in [0.15, 0.2) is 24.3 Å². The van der Waals surface area contributed by atoms with Gasteiger partial charge in [0.05, 0.1) is 12.1 Å². The molecule has 1 fully saturated rings. The first-order valence-electron chi connectivity index (χ1n) is 6.63. The number of carbonyl (C=O) groups is 1. The second-order valence-electron chi connectivity index (χ2n) is 5.24. The van der Waals surface area contributed by atoms with Crippen LogP contribution in [0.3, 0.4) is 0 Å². The number of ether oxygens (including phenoxy) is 1. The summed E-state index contributed by atoms with van der Waals surface area (Å²) in [5.41, 5.74) is 1.11. The molecule has 1 saturated carbocycles. The SMILES string of the molecule is CC(C)Oc1ccc(C(C)NC(=O)C2CC2)cc1. The molecule has 0 aromatic heterocycles. The van der Waals surface area contributed by atoms with Gasteiger partial charge in [-0.15, -0.1) is 0 Å². The minimum Gasteiger partial charge on any atom is -0.491 e. The molecule has 3 nitrogen and oxygen atoms in total. The van der Waals surface area contributed by atoms with Crippen LogP contribution in [0.4, 0.5) is 0 Å². The molecule has 1 aromatic carbocycles. The molecule has 98 valence electrons. The highest BCUT2D eigenvalue weighted by Crippen LogP contribution is 2.30. The Labute approximate surface area is 109 Å². The minimum absolute atomic E-state index is 0.0613. The van der Waals surface area contributed by atoms with Crippen LogP contribution in [0.25, 0.3) is 0 Å². The zero-order chi connectivity index (χ0) is 13.1.